The Morgan fingerprint density at radius 3 is 2.20 bits per heavy atom. The Morgan fingerprint density at radius 2 is 1.64 bits per heavy atom. The highest BCUT2D eigenvalue weighted by molar-refractivity contribution is 6.30. The number of carbonyl (C=O) groups excluding carboxylic acids is 2. The quantitative estimate of drug-likeness (QED) is 0.795. The maximum atomic E-state index is 13.7. The fourth-order valence-corrected chi connectivity index (χ4v) is 2.77. The van der Waals surface area contributed by atoms with Gasteiger partial charge in [-0.3, -0.25) is 9.59 Å². The van der Waals surface area contributed by atoms with Gasteiger partial charge < -0.3 is 10.6 Å². The molecule has 25 heavy (non-hydrogen) atoms. The third kappa shape index (κ3) is 3.35. The first-order valence-electron chi connectivity index (χ1n) is 7.66. The van der Waals surface area contributed by atoms with E-state index in [4.69, 9.17) is 11.6 Å². The van der Waals surface area contributed by atoms with Crippen LogP contribution in [0.5, 0.6) is 0 Å². The van der Waals surface area contributed by atoms with Crippen molar-refractivity contribution < 1.29 is 18.4 Å². The smallest absolute Gasteiger partial charge is 0.240 e. The lowest BCUT2D eigenvalue weighted by atomic mass is 10.0. The second kappa shape index (κ2) is 6.44. The van der Waals surface area contributed by atoms with Crippen LogP contribution in [-0.4, -0.2) is 11.8 Å². The lowest BCUT2D eigenvalue weighted by Gasteiger charge is -2.17. The van der Waals surface area contributed by atoms with E-state index >= 15 is 0 Å². The predicted molar refractivity (Wildman–Crippen MR) is 91.5 cm³/mol. The summed E-state index contributed by atoms with van der Waals surface area (Å²) in [4.78, 5) is 25.0. The molecule has 0 saturated heterocycles. The Labute approximate surface area is 148 Å². The summed E-state index contributed by atoms with van der Waals surface area (Å²) in [7, 11) is 0. The van der Waals surface area contributed by atoms with Crippen molar-refractivity contribution in [3.05, 3.63) is 58.6 Å². The predicted octanol–water partition coefficient (Wildman–Crippen LogP) is 4.28. The number of halogens is 3. The molecule has 0 aliphatic heterocycles. The zero-order valence-electron chi connectivity index (χ0n) is 13.3. The monoisotopic (exact) mass is 364 g/mol. The normalized spacial score (nSPS) is 14.7. The van der Waals surface area contributed by atoms with Crippen LogP contribution in [0.1, 0.15) is 18.4 Å². The molecule has 1 fully saturated rings. The summed E-state index contributed by atoms with van der Waals surface area (Å²) >= 11 is 5.88. The van der Waals surface area contributed by atoms with Gasteiger partial charge in [0.15, 0.2) is 0 Å². The number of aryl methyl sites for hydroxylation is 1. The number of rotatable bonds is 4. The van der Waals surface area contributed by atoms with E-state index in [0.717, 1.165) is 17.7 Å². The molecule has 0 bridgehead atoms. The number of carbonyl (C=O) groups is 2. The Bertz CT molecular complexity index is 846. The van der Waals surface area contributed by atoms with Gasteiger partial charge in [-0.25, -0.2) is 8.78 Å². The third-order valence-corrected chi connectivity index (χ3v) is 4.49. The Hall–Kier alpha value is -2.47. The van der Waals surface area contributed by atoms with Crippen molar-refractivity contribution in [2.75, 3.05) is 10.6 Å². The number of hydrogen-bond acceptors (Lipinski definition) is 2. The van der Waals surface area contributed by atoms with Crippen LogP contribution in [0.4, 0.5) is 20.2 Å². The molecule has 0 aromatic heterocycles. The second-order valence-corrected chi connectivity index (χ2v) is 6.48. The van der Waals surface area contributed by atoms with Crippen LogP contribution in [0, 0.1) is 24.0 Å². The first-order valence-corrected chi connectivity index (χ1v) is 8.04. The number of anilines is 2. The highest BCUT2D eigenvalue weighted by atomic mass is 35.5. The molecular formula is C18H15ClF2N2O2. The first-order chi connectivity index (χ1) is 11.8. The second-order valence-electron chi connectivity index (χ2n) is 6.05. The number of amides is 2. The minimum atomic E-state index is -1.32. The minimum Gasteiger partial charge on any atom is -0.325 e. The van der Waals surface area contributed by atoms with E-state index in [1.54, 1.807) is 25.1 Å². The molecule has 0 spiro atoms. The summed E-state index contributed by atoms with van der Waals surface area (Å²) < 4.78 is 27.4. The van der Waals surface area contributed by atoms with Gasteiger partial charge in [-0.1, -0.05) is 17.7 Å². The molecule has 1 aliphatic rings. The van der Waals surface area contributed by atoms with Crippen LogP contribution in [0.25, 0.3) is 0 Å². The molecule has 0 radical (unpaired) electrons. The molecule has 130 valence electrons. The van der Waals surface area contributed by atoms with Crippen LogP contribution in [0.15, 0.2) is 36.4 Å². The van der Waals surface area contributed by atoms with E-state index in [0.29, 0.717) is 23.6 Å². The van der Waals surface area contributed by atoms with Crippen LogP contribution in [-0.2, 0) is 9.59 Å². The van der Waals surface area contributed by atoms with Crippen molar-refractivity contribution in [3.63, 3.8) is 0 Å². The van der Waals surface area contributed by atoms with Gasteiger partial charge >= 0.3 is 0 Å². The lowest BCUT2D eigenvalue weighted by molar-refractivity contribution is -0.131. The van der Waals surface area contributed by atoms with E-state index in [-0.39, 0.29) is 0 Å². The average molecular weight is 365 g/mol. The molecule has 3 rings (SSSR count). The molecule has 0 heterocycles. The molecule has 2 aromatic rings. The third-order valence-electron chi connectivity index (χ3n) is 4.26. The van der Waals surface area contributed by atoms with Gasteiger partial charge in [0.05, 0.1) is 0 Å². The highest BCUT2D eigenvalue weighted by Gasteiger charge is 2.56. The van der Waals surface area contributed by atoms with Crippen molar-refractivity contribution in [3.8, 4) is 0 Å². The zero-order valence-corrected chi connectivity index (χ0v) is 14.1. The van der Waals surface area contributed by atoms with Gasteiger partial charge in [-0.05, 0) is 55.7 Å². The fraction of sp³-hybridized carbons (Fsp3) is 0.222. The molecular weight excluding hydrogens is 350 g/mol. The Balaban J connectivity index is 1.77. The summed E-state index contributed by atoms with van der Waals surface area (Å²) in [6.45, 7) is 1.77. The highest BCUT2D eigenvalue weighted by Crippen LogP contribution is 2.48. The van der Waals surface area contributed by atoms with Crippen molar-refractivity contribution >= 4 is 34.8 Å². The molecule has 4 nitrogen and oxygen atoms in total. The molecule has 0 atom stereocenters. The zero-order chi connectivity index (χ0) is 18.2. The van der Waals surface area contributed by atoms with E-state index in [1.807, 2.05) is 0 Å². The van der Waals surface area contributed by atoms with Gasteiger partial charge in [-0.15, -0.1) is 0 Å². The van der Waals surface area contributed by atoms with Gasteiger partial charge in [0.2, 0.25) is 11.8 Å². The molecule has 2 amide bonds. The first kappa shape index (κ1) is 17.4. The van der Waals surface area contributed by atoms with Gasteiger partial charge in [0.25, 0.3) is 0 Å². The van der Waals surface area contributed by atoms with Gasteiger partial charge in [-0.2, -0.15) is 0 Å². The van der Waals surface area contributed by atoms with Crippen molar-refractivity contribution in [1.82, 2.24) is 0 Å². The minimum absolute atomic E-state index is 0.313. The molecule has 1 aliphatic carbocycles. The maximum absolute atomic E-state index is 13.7. The molecule has 2 aromatic carbocycles. The van der Waals surface area contributed by atoms with E-state index < -0.39 is 34.6 Å². The Morgan fingerprint density at radius 1 is 1.04 bits per heavy atom. The largest absolute Gasteiger partial charge is 0.325 e. The van der Waals surface area contributed by atoms with Crippen LogP contribution < -0.4 is 10.6 Å². The van der Waals surface area contributed by atoms with Crippen molar-refractivity contribution in [1.29, 1.82) is 0 Å². The fourth-order valence-electron chi connectivity index (χ4n) is 2.54. The van der Waals surface area contributed by atoms with Crippen LogP contribution >= 0.6 is 11.6 Å². The summed E-state index contributed by atoms with van der Waals surface area (Å²) in [6.07, 6.45) is 0.626. The summed E-state index contributed by atoms with van der Waals surface area (Å²) in [5.74, 6) is -3.01. The SMILES string of the molecule is Cc1cc(Cl)ccc1NC(=O)C1(C(=O)Nc2c(F)cccc2F)CC1. The molecule has 2 N–H and O–H groups in total. The van der Waals surface area contributed by atoms with Gasteiger partial charge in [0, 0.05) is 10.7 Å². The van der Waals surface area contributed by atoms with E-state index in [1.165, 1.54) is 6.07 Å². The molecule has 0 unspecified atom stereocenters. The van der Waals surface area contributed by atoms with E-state index in [2.05, 4.69) is 10.6 Å². The summed E-state index contributed by atoms with van der Waals surface area (Å²) in [5.41, 5.74) is -0.585. The standard InChI is InChI=1S/C18H15ClF2N2O2/c1-10-9-11(19)5-6-14(10)22-16(24)18(7-8-18)17(25)23-15-12(20)3-2-4-13(15)21/h2-6,9H,7-8H2,1H3,(H,22,24)(H,23,25). The van der Waals surface area contributed by atoms with Crippen LogP contribution in [0.2, 0.25) is 5.02 Å². The molecule has 7 heteroatoms. The number of para-hydroxylation sites is 1. The van der Waals surface area contributed by atoms with E-state index in [9.17, 15) is 18.4 Å². The number of benzene rings is 2. The topological polar surface area (TPSA) is 58.2 Å². The maximum Gasteiger partial charge on any atom is 0.240 e. The summed E-state index contributed by atoms with van der Waals surface area (Å²) in [6, 6.07) is 8.22. The number of hydrogen-bond donors (Lipinski definition) is 2. The summed E-state index contributed by atoms with van der Waals surface area (Å²) in [5, 5.41) is 5.42. The van der Waals surface area contributed by atoms with Gasteiger partial charge in [0.1, 0.15) is 22.7 Å². The number of nitrogens with one attached hydrogen (secondary N) is 2. The van der Waals surface area contributed by atoms with Crippen molar-refractivity contribution in [2.45, 2.75) is 19.8 Å². The van der Waals surface area contributed by atoms with Crippen molar-refractivity contribution in [2.24, 2.45) is 5.41 Å². The lowest BCUT2D eigenvalue weighted by Crippen LogP contribution is -2.36. The molecule has 1 saturated carbocycles. The Kier molecular flexibility index (Phi) is 4.47. The van der Waals surface area contributed by atoms with Crippen LogP contribution in [0.3, 0.4) is 0 Å². The average Bonchev–Trinajstić information content (AvgIpc) is 3.35.